The zero-order valence-corrected chi connectivity index (χ0v) is 16.1. The van der Waals surface area contributed by atoms with Crippen molar-refractivity contribution in [3.63, 3.8) is 0 Å². The maximum absolute atomic E-state index is 11.6. The third-order valence-electron chi connectivity index (χ3n) is 4.42. The number of fused-ring (bicyclic) bond motifs is 1. The van der Waals surface area contributed by atoms with Crippen molar-refractivity contribution >= 4 is 32.8 Å². The number of imidazole rings is 1. The van der Waals surface area contributed by atoms with E-state index in [4.69, 9.17) is 9.88 Å². The molecule has 1 saturated heterocycles. The third kappa shape index (κ3) is 4.55. The Morgan fingerprint density at radius 1 is 1.40 bits per heavy atom. The lowest BCUT2D eigenvalue weighted by Crippen LogP contribution is -2.21. The van der Waals surface area contributed by atoms with E-state index in [9.17, 15) is 8.42 Å². The van der Waals surface area contributed by atoms with Crippen LogP contribution in [-0.4, -0.2) is 36.4 Å². The van der Waals surface area contributed by atoms with Crippen molar-refractivity contribution in [1.29, 1.82) is 0 Å². The quantitative estimate of drug-likeness (QED) is 0.742. The van der Waals surface area contributed by atoms with Gasteiger partial charge in [0, 0.05) is 18.9 Å². The smallest absolute Gasteiger partial charge is 0.238 e. The highest BCUT2D eigenvalue weighted by atomic mass is 32.2. The zero-order valence-electron chi connectivity index (χ0n) is 14.5. The molecule has 1 aromatic carbocycles. The van der Waals surface area contributed by atoms with Crippen LogP contribution in [0.4, 0.5) is 0 Å². The minimum atomic E-state index is -3.72. The molecule has 25 heavy (non-hydrogen) atoms. The van der Waals surface area contributed by atoms with Crippen molar-refractivity contribution in [2.24, 2.45) is 5.14 Å². The van der Waals surface area contributed by atoms with Crippen LogP contribution in [0, 0.1) is 0 Å². The Hall–Kier alpha value is -1.09. The van der Waals surface area contributed by atoms with E-state index < -0.39 is 10.0 Å². The number of benzene rings is 1. The van der Waals surface area contributed by atoms with Crippen LogP contribution in [-0.2, 0) is 21.3 Å². The predicted molar refractivity (Wildman–Crippen MR) is 100 cm³/mol. The van der Waals surface area contributed by atoms with Gasteiger partial charge in [0.1, 0.15) is 0 Å². The first-order valence-corrected chi connectivity index (χ1v) is 11.3. The Morgan fingerprint density at radius 2 is 2.24 bits per heavy atom. The summed E-state index contributed by atoms with van der Waals surface area (Å²) in [6.07, 6.45) is 5.87. The van der Waals surface area contributed by atoms with Gasteiger partial charge in [-0.1, -0.05) is 25.1 Å². The number of unbranched alkanes of at least 4 members (excludes halogenated alkanes) is 1. The number of primary sulfonamides is 1. The lowest BCUT2D eigenvalue weighted by atomic mass is 10.1. The van der Waals surface area contributed by atoms with Crippen molar-refractivity contribution in [2.75, 3.05) is 12.4 Å². The highest BCUT2D eigenvalue weighted by molar-refractivity contribution is 7.99. The van der Waals surface area contributed by atoms with Gasteiger partial charge in [0.2, 0.25) is 10.0 Å². The van der Waals surface area contributed by atoms with Gasteiger partial charge in [-0.15, -0.1) is 0 Å². The van der Waals surface area contributed by atoms with Gasteiger partial charge in [0.05, 0.1) is 22.0 Å². The molecule has 3 rings (SSSR count). The summed E-state index contributed by atoms with van der Waals surface area (Å²) in [7, 11) is -3.72. The SMILES string of the molecule is CCCCn1c(SC[C@H]2CCCCO2)nc2cc(S(N)(=O)=O)ccc21. The Kier molecular flexibility index (Phi) is 6.04. The monoisotopic (exact) mass is 383 g/mol. The molecule has 1 fully saturated rings. The molecule has 1 aliphatic heterocycles. The fourth-order valence-electron chi connectivity index (χ4n) is 3.01. The van der Waals surface area contributed by atoms with Crippen molar-refractivity contribution in [1.82, 2.24) is 9.55 Å². The van der Waals surface area contributed by atoms with Gasteiger partial charge in [-0.05, 0) is 43.9 Å². The molecule has 0 aliphatic carbocycles. The number of thioether (sulfide) groups is 1. The van der Waals surface area contributed by atoms with E-state index in [1.165, 1.54) is 6.42 Å². The molecule has 2 aromatic rings. The Morgan fingerprint density at radius 3 is 2.92 bits per heavy atom. The van der Waals surface area contributed by atoms with Gasteiger partial charge in [-0.25, -0.2) is 18.5 Å². The lowest BCUT2D eigenvalue weighted by molar-refractivity contribution is 0.0315. The van der Waals surface area contributed by atoms with Gasteiger partial charge in [-0.2, -0.15) is 0 Å². The Bertz CT molecular complexity index is 827. The van der Waals surface area contributed by atoms with E-state index in [2.05, 4.69) is 16.5 Å². The fourth-order valence-corrected chi connectivity index (χ4v) is 4.65. The highest BCUT2D eigenvalue weighted by Crippen LogP contribution is 2.28. The molecule has 0 amide bonds. The maximum Gasteiger partial charge on any atom is 0.238 e. The molecule has 0 radical (unpaired) electrons. The number of sulfonamides is 1. The standard InChI is InChI=1S/C17H25N3O3S2/c1-2-3-9-20-16-8-7-14(25(18,21)22)11-15(16)19-17(20)24-12-13-6-4-5-10-23-13/h7-8,11,13H,2-6,9-10,12H2,1H3,(H2,18,21,22)/t13-/m1/s1. The lowest BCUT2D eigenvalue weighted by Gasteiger charge is -2.22. The molecular formula is C17H25N3O3S2. The third-order valence-corrected chi connectivity index (χ3v) is 6.44. The largest absolute Gasteiger partial charge is 0.377 e. The summed E-state index contributed by atoms with van der Waals surface area (Å²) in [5.74, 6) is 0.873. The summed E-state index contributed by atoms with van der Waals surface area (Å²) in [6.45, 7) is 3.87. The molecule has 1 aliphatic rings. The average molecular weight is 384 g/mol. The number of hydrogen-bond donors (Lipinski definition) is 1. The average Bonchev–Trinajstić information content (AvgIpc) is 2.95. The van der Waals surface area contributed by atoms with Crippen molar-refractivity contribution < 1.29 is 13.2 Å². The molecule has 2 N–H and O–H groups in total. The van der Waals surface area contributed by atoms with Gasteiger partial charge < -0.3 is 9.30 Å². The van der Waals surface area contributed by atoms with Crippen LogP contribution in [0.25, 0.3) is 11.0 Å². The molecular weight excluding hydrogens is 358 g/mol. The van der Waals surface area contributed by atoms with Crippen LogP contribution in [0.2, 0.25) is 0 Å². The second kappa shape index (κ2) is 8.07. The number of aryl methyl sites for hydroxylation is 1. The number of nitrogens with two attached hydrogens (primary N) is 1. The van der Waals surface area contributed by atoms with E-state index in [1.807, 2.05) is 0 Å². The Balaban J connectivity index is 1.88. The molecule has 0 bridgehead atoms. The summed E-state index contributed by atoms with van der Waals surface area (Å²) in [6, 6.07) is 4.92. The summed E-state index contributed by atoms with van der Waals surface area (Å²) in [4.78, 5) is 4.78. The number of aromatic nitrogens is 2. The van der Waals surface area contributed by atoms with Gasteiger partial charge in [0.15, 0.2) is 5.16 Å². The van der Waals surface area contributed by atoms with E-state index in [0.29, 0.717) is 5.52 Å². The summed E-state index contributed by atoms with van der Waals surface area (Å²) in [5, 5.41) is 6.17. The van der Waals surface area contributed by atoms with Gasteiger partial charge >= 0.3 is 0 Å². The van der Waals surface area contributed by atoms with E-state index in [0.717, 1.165) is 55.3 Å². The molecule has 8 heteroatoms. The van der Waals surface area contributed by atoms with Gasteiger partial charge in [-0.3, -0.25) is 0 Å². The minimum absolute atomic E-state index is 0.104. The highest BCUT2D eigenvalue weighted by Gasteiger charge is 2.18. The minimum Gasteiger partial charge on any atom is -0.377 e. The van der Waals surface area contributed by atoms with E-state index in [1.54, 1.807) is 30.0 Å². The predicted octanol–water partition coefficient (Wildman–Crippen LogP) is 3.15. The summed E-state index contributed by atoms with van der Waals surface area (Å²) >= 11 is 1.69. The summed E-state index contributed by atoms with van der Waals surface area (Å²) in [5.41, 5.74) is 1.63. The number of ether oxygens (including phenoxy) is 1. The second-order valence-corrected chi connectivity index (χ2v) is 8.94. The van der Waals surface area contributed by atoms with E-state index in [-0.39, 0.29) is 11.0 Å². The Labute approximate surface area is 153 Å². The van der Waals surface area contributed by atoms with Crippen LogP contribution in [0.15, 0.2) is 28.3 Å². The number of rotatable bonds is 7. The molecule has 0 saturated carbocycles. The maximum atomic E-state index is 11.6. The van der Waals surface area contributed by atoms with Crippen LogP contribution in [0.5, 0.6) is 0 Å². The van der Waals surface area contributed by atoms with Crippen LogP contribution in [0.3, 0.4) is 0 Å². The van der Waals surface area contributed by atoms with Crippen molar-refractivity contribution in [3.8, 4) is 0 Å². The molecule has 6 nitrogen and oxygen atoms in total. The normalized spacial score (nSPS) is 18.7. The van der Waals surface area contributed by atoms with E-state index >= 15 is 0 Å². The summed E-state index contributed by atoms with van der Waals surface area (Å²) < 4.78 is 31.2. The first-order valence-electron chi connectivity index (χ1n) is 8.76. The fraction of sp³-hybridized carbons (Fsp3) is 0.588. The molecule has 1 aromatic heterocycles. The molecule has 0 spiro atoms. The first-order chi connectivity index (χ1) is 12.0. The van der Waals surface area contributed by atoms with Crippen LogP contribution in [0.1, 0.15) is 39.0 Å². The second-order valence-electron chi connectivity index (χ2n) is 6.39. The zero-order chi connectivity index (χ0) is 17.9. The first kappa shape index (κ1) is 18.7. The van der Waals surface area contributed by atoms with Crippen LogP contribution >= 0.6 is 11.8 Å². The topological polar surface area (TPSA) is 87.2 Å². The van der Waals surface area contributed by atoms with Crippen molar-refractivity contribution in [3.05, 3.63) is 18.2 Å². The molecule has 2 heterocycles. The molecule has 138 valence electrons. The number of hydrogen-bond acceptors (Lipinski definition) is 5. The van der Waals surface area contributed by atoms with Crippen LogP contribution < -0.4 is 5.14 Å². The van der Waals surface area contributed by atoms with Crippen molar-refractivity contribution in [2.45, 2.75) is 61.7 Å². The number of nitrogens with zero attached hydrogens (tertiary/aromatic N) is 2. The molecule has 0 unspecified atom stereocenters. The molecule has 1 atom stereocenters. The van der Waals surface area contributed by atoms with Gasteiger partial charge in [0.25, 0.3) is 0 Å².